The van der Waals surface area contributed by atoms with Crippen LogP contribution in [0.15, 0.2) is 6.33 Å². The van der Waals surface area contributed by atoms with Crippen LogP contribution in [-0.2, 0) is 9.53 Å². The Kier molecular flexibility index (Phi) is 5.83. The highest BCUT2D eigenvalue weighted by Crippen LogP contribution is 2.34. The Balaban J connectivity index is 1.59. The minimum atomic E-state index is -0.547. The van der Waals surface area contributed by atoms with Crippen LogP contribution in [0.4, 0.5) is 16.4 Å². The molecule has 2 aromatic heterocycles. The summed E-state index contributed by atoms with van der Waals surface area (Å²) in [6.45, 7) is 9.79. The predicted octanol–water partition coefficient (Wildman–Crippen LogP) is 1.70. The molecule has 1 unspecified atom stereocenters. The summed E-state index contributed by atoms with van der Waals surface area (Å²) in [4.78, 5) is 36.7. The van der Waals surface area contributed by atoms with Crippen LogP contribution >= 0.6 is 0 Å². The van der Waals surface area contributed by atoms with Gasteiger partial charge in [0.2, 0.25) is 5.91 Å². The van der Waals surface area contributed by atoms with Crippen LogP contribution in [0.5, 0.6) is 0 Å². The molecule has 0 bridgehead atoms. The van der Waals surface area contributed by atoms with Gasteiger partial charge in [-0.25, -0.2) is 19.4 Å². The summed E-state index contributed by atoms with van der Waals surface area (Å²) in [6.07, 6.45) is 3.58. The number of nitrogens with two attached hydrogens (primary N) is 1. The van der Waals surface area contributed by atoms with Crippen LogP contribution in [0, 0.1) is 0 Å². The van der Waals surface area contributed by atoms with E-state index in [9.17, 15) is 9.59 Å². The molecule has 2 aliphatic rings. The third-order valence-corrected chi connectivity index (χ3v) is 5.90. The van der Waals surface area contributed by atoms with Gasteiger partial charge >= 0.3 is 6.09 Å². The second-order valence-corrected chi connectivity index (χ2v) is 9.56. The highest BCUT2D eigenvalue weighted by atomic mass is 16.6. The van der Waals surface area contributed by atoms with Crippen molar-refractivity contribution in [3.05, 3.63) is 6.33 Å². The fourth-order valence-corrected chi connectivity index (χ4v) is 4.44. The third-order valence-electron chi connectivity index (χ3n) is 5.90. The maximum absolute atomic E-state index is 12.3. The Bertz CT molecular complexity index is 1010. The first-order valence-electron chi connectivity index (χ1n) is 11.1. The molecule has 2 atom stereocenters. The number of amides is 2. The number of fused-ring (bicyclic) bond motifs is 1. The number of ether oxygens (including phenoxy) is 1. The number of aromatic nitrogens is 4. The van der Waals surface area contributed by atoms with Gasteiger partial charge in [0.05, 0.1) is 6.04 Å². The maximum Gasteiger partial charge on any atom is 0.407 e. The fraction of sp³-hybridized carbons (Fsp3) is 0.667. The highest BCUT2D eigenvalue weighted by molar-refractivity contribution is 5.96. The van der Waals surface area contributed by atoms with Gasteiger partial charge in [-0.05, 0) is 40.0 Å². The van der Waals surface area contributed by atoms with E-state index in [-0.39, 0.29) is 18.0 Å². The van der Waals surface area contributed by atoms with Crippen LogP contribution in [-0.4, -0.2) is 74.5 Å². The number of nitrogens with zero attached hydrogens (tertiary/aromatic N) is 6. The monoisotopic (exact) mass is 444 g/mol. The smallest absolute Gasteiger partial charge is 0.407 e. The number of alkyl carbamates (subject to hydrolysis) is 1. The SMILES string of the molecule is CC(=O)N1CCC(n2nc(N3CCC[C@@H](NC(=O)OC(C)(C)C)C3)c3c(N)ncnc32)C1. The van der Waals surface area contributed by atoms with Crippen molar-refractivity contribution < 1.29 is 14.3 Å². The quantitative estimate of drug-likeness (QED) is 0.731. The minimum Gasteiger partial charge on any atom is -0.444 e. The van der Waals surface area contributed by atoms with E-state index < -0.39 is 11.7 Å². The molecule has 0 aliphatic carbocycles. The predicted molar refractivity (Wildman–Crippen MR) is 120 cm³/mol. The Morgan fingerprint density at radius 1 is 1.19 bits per heavy atom. The molecule has 0 radical (unpaired) electrons. The molecule has 0 saturated carbocycles. The molecular formula is C21H32N8O3. The molecule has 3 N–H and O–H groups in total. The summed E-state index contributed by atoms with van der Waals surface area (Å²) in [5.74, 6) is 1.15. The number of nitrogen functional groups attached to an aromatic ring is 1. The maximum atomic E-state index is 12.3. The number of nitrogens with one attached hydrogen (secondary N) is 1. The molecule has 2 saturated heterocycles. The van der Waals surface area contributed by atoms with E-state index in [1.807, 2.05) is 30.4 Å². The van der Waals surface area contributed by atoms with Crippen LogP contribution in [0.25, 0.3) is 11.0 Å². The summed E-state index contributed by atoms with van der Waals surface area (Å²) in [5, 5.41) is 8.59. The van der Waals surface area contributed by atoms with Crippen molar-refractivity contribution in [1.82, 2.24) is 30.0 Å². The van der Waals surface area contributed by atoms with E-state index in [2.05, 4.69) is 20.2 Å². The van der Waals surface area contributed by atoms with E-state index in [4.69, 9.17) is 15.6 Å². The third kappa shape index (κ3) is 4.56. The zero-order valence-corrected chi connectivity index (χ0v) is 19.2. The first-order valence-corrected chi connectivity index (χ1v) is 11.1. The molecule has 0 aromatic carbocycles. The number of piperidine rings is 1. The van der Waals surface area contributed by atoms with Crippen LogP contribution in [0.3, 0.4) is 0 Å². The standard InChI is InChI=1S/C21H32N8O3/c1-13(30)27-9-7-15(11-27)29-18-16(17(22)23-12-24-18)19(26-29)28-8-5-6-14(10-28)25-20(31)32-21(2,3)4/h12,14-15H,5-11H2,1-4H3,(H,25,31)(H2,22,23,24)/t14-,15?/m1/s1. The number of hydrogen-bond donors (Lipinski definition) is 2. The molecule has 2 amide bonds. The lowest BCUT2D eigenvalue weighted by Crippen LogP contribution is -2.49. The number of anilines is 2. The van der Waals surface area contributed by atoms with Gasteiger partial charge in [0.25, 0.3) is 0 Å². The van der Waals surface area contributed by atoms with Crippen molar-refractivity contribution in [2.45, 2.75) is 64.6 Å². The molecule has 4 heterocycles. The fourth-order valence-electron chi connectivity index (χ4n) is 4.44. The second-order valence-electron chi connectivity index (χ2n) is 9.56. The highest BCUT2D eigenvalue weighted by Gasteiger charge is 2.32. The first-order chi connectivity index (χ1) is 15.1. The molecule has 32 heavy (non-hydrogen) atoms. The van der Waals surface area contributed by atoms with Gasteiger partial charge in [0.15, 0.2) is 11.5 Å². The Morgan fingerprint density at radius 2 is 1.97 bits per heavy atom. The van der Waals surface area contributed by atoms with Crippen LogP contribution in [0.1, 0.15) is 53.0 Å². The molecular weight excluding hydrogens is 412 g/mol. The second kappa shape index (κ2) is 8.44. The summed E-state index contributed by atoms with van der Waals surface area (Å²) in [7, 11) is 0. The van der Waals surface area contributed by atoms with Crippen molar-refractivity contribution in [2.75, 3.05) is 36.8 Å². The molecule has 11 heteroatoms. The van der Waals surface area contributed by atoms with Crippen molar-refractivity contribution in [2.24, 2.45) is 0 Å². The lowest BCUT2D eigenvalue weighted by molar-refractivity contribution is -0.127. The van der Waals surface area contributed by atoms with Gasteiger partial charge in [0.1, 0.15) is 23.1 Å². The number of carbonyl (C=O) groups excluding carboxylic acids is 2. The molecule has 2 aromatic rings. The Labute approximate surface area is 187 Å². The van der Waals surface area contributed by atoms with Gasteiger partial charge in [-0.15, -0.1) is 0 Å². The van der Waals surface area contributed by atoms with Crippen LogP contribution < -0.4 is 16.0 Å². The van der Waals surface area contributed by atoms with E-state index in [0.717, 1.165) is 31.6 Å². The summed E-state index contributed by atoms with van der Waals surface area (Å²) < 4.78 is 7.30. The first kappa shape index (κ1) is 22.1. The number of carbonyl (C=O) groups is 2. The van der Waals surface area contributed by atoms with Gasteiger partial charge < -0.3 is 25.6 Å². The number of hydrogen-bond acceptors (Lipinski definition) is 8. The Morgan fingerprint density at radius 3 is 2.66 bits per heavy atom. The normalized spacial score (nSPS) is 21.8. The Hall–Kier alpha value is -3.11. The molecule has 4 rings (SSSR count). The zero-order chi connectivity index (χ0) is 23.0. The lowest BCUT2D eigenvalue weighted by atomic mass is 10.1. The van der Waals surface area contributed by atoms with Gasteiger partial charge in [-0.1, -0.05) is 0 Å². The molecule has 11 nitrogen and oxygen atoms in total. The number of rotatable bonds is 3. The van der Waals surface area contributed by atoms with Crippen molar-refractivity contribution >= 4 is 34.7 Å². The van der Waals surface area contributed by atoms with E-state index in [0.29, 0.717) is 36.5 Å². The molecule has 0 spiro atoms. The van der Waals surface area contributed by atoms with Crippen molar-refractivity contribution in [3.63, 3.8) is 0 Å². The van der Waals surface area contributed by atoms with Crippen molar-refractivity contribution in [3.8, 4) is 0 Å². The largest absolute Gasteiger partial charge is 0.444 e. The average molecular weight is 445 g/mol. The number of likely N-dealkylation sites (tertiary alicyclic amines) is 1. The molecule has 2 aliphatic heterocycles. The van der Waals surface area contributed by atoms with E-state index in [1.54, 1.807) is 6.92 Å². The molecule has 174 valence electrons. The summed E-state index contributed by atoms with van der Waals surface area (Å²) in [5.41, 5.74) is 6.37. The van der Waals surface area contributed by atoms with E-state index >= 15 is 0 Å². The lowest BCUT2D eigenvalue weighted by Gasteiger charge is -2.34. The van der Waals surface area contributed by atoms with Crippen molar-refractivity contribution in [1.29, 1.82) is 0 Å². The summed E-state index contributed by atoms with van der Waals surface area (Å²) >= 11 is 0. The van der Waals surface area contributed by atoms with E-state index in [1.165, 1.54) is 6.33 Å². The average Bonchev–Trinajstić information content (AvgIpc) is 3.32. The van der Waals surface area contributed by atoms with Gasteiger partial charge in [-0.3, -0.25) is 4.79 Å². The minimum absolute atomic E-state index is 0.0323. The van der Waals surface area contributed by atoms with Gasteiger partial charge in [-0.2, -0.15) is 5.10 Å². The zero-order valence-electron chi connectivity index (χ0n) is 19.2. The summed E-state index contributed by atoms with van der Waals surface area (Å²) in [6, 6.07) is -0.0331. The van der Waals surface area contributed by atoms with Gasteiger partial charge in [0, 0.05) is 39.1 Å². The topological polar surface area (TPSA) is 132 Å². The van der Waals surface area contributed by atoms with Crippen LogP contribution in [0.2, 0.25) is 0 Å². The molecule has 2 fully saturated rings.